The fourth-order valence-corrected chi connectivity index (χ4v) is 2.20. The van der Waals surface area contributed by atoms with Crippen LogP contribution in [-0.2, 0) is 6.54 Å². The van der Waals surface area contributed by atoms with E-state index in [1.54, 1.807) is 11.9 Å². The number of nitrogens with zero attached hydrogens (tertiary/aromatic N) is 3. The molecule has 21 heavy (non-hydrogen) atoms. The summed E-state index contributed by atoms with van der Waals surface area (Å²) < 4.78 is 7.26. The van der Waals surface area contributed by atoms with E-state index in [2.05, 4.69) is 32.9 Å². The zero-order valence-electron chi connectivity index (χ0n) is 13.3. The molecule has 0 radical (unpaired) electrons. The van der Waals surface area contributed by atoms with Crippen molar-refractivity contribution in [1.82, 2.24) is 14.6 Å². The molecule has 0 fully saturated rings. The van der Waals surface area contributed by atoms with Gasteiger partial charge in [-0.2, -0.15) is 0 Å². The summed E-state index contributed by atoms with van der Waals surface area (Å²) in [6.45, 7) is 8.66. The van der Waals surface area contributed by atoms with E-state index in [-0.39, 0.29) is 11.9 Å². The van der Waals surface area contributed by atoms with Gasteiger partial charge in [-0.05, 0) is 31.9 Å². The molecule has 0 aromatic carbocycles. The largest absolute Gasteiger partial charge is 0.359 e. The highest BCUT2D eigenvalue weighted by molar-refractivity contribution is 5.92. The molecule has 0 aliphatic rings. The number of aromatic nitrogens is 2. The average molecular weight is 289 g/mol. The molecule has 0 N–H and O–H groups in total. The normalized spacial score (nSPS) is 11.4. The molecule has 0 aliphatic heterocycles. The maximum Gasteiger partial charge on any atom is 0.270 e. The van der Waals surface area contributed by atoms with E-state index in [1.165, 1.54) is 0 Å². The van der Waals surface area contributed by atoms with Crippen molar-refractivity contribution < 1.29 is 9.32 Å². The first-order valence-corrected chi connectivity index (χ1v) is 7.28. The van der Waals surface area contributed by atoms with Gasteiger partial charge >= 0.3 is 0 Å². The lowest BCUT2D eigenvalue weighted by molar-refractivity contribution is 0.0760. The summed E-state index contributed by atoms with van der Waals surface area (Å²) in [7, 11) is 1.78. The quantitative estimate of drug-likeness (QED) is 0.847. The van der Waals surface area contributed by atoms with Crippen LogP contribution in [0.15, 0.2) is 28.9 Å². The lowest BCUT2D eigenvalue weighted by atomic mass is 10.1. The maximum absolute atomic E-state index is 12.5. The molecule has 2 aromatic rings. The van der Waals surface area contributed by atoms with Crippen molar-refractivity contribution in [2.24, 2.45) is 0 Å². The molecule has 0 atom stereocenters. The first-order valence-electron chi connectivity index (χ1n) is 7.28. The van der Waals surface area contributed by atoms with Crippen LogP contribution in [0.5, 0.6) is 0 Å². The van der Waals surface area contributed by atoms with Gasteiger partial charge in [0.05, 0.1) is 12.2 Å². The Labute approximate surface area is 125 Å². The fraction of sp³-hybridized carbons (Fsp3) is 0.500. The van der Waals surface area contributed by atoms with Crippen molar-refractivity contribution in [1.29, 1.82) is 0 Å². The minimum Gasteiger partial charge on any atom is -0.359 e. The molecular formula is C16H23N3O2. The molecule has 2 heterocycles. The molecule has 0 spiro atoms. The minimum atomic E-state index is -0.0174. The van der Waals surface area contributed by atoms with Gasteiger partial charge in [0.15, 0.2) is 5.76 Å². The van der Waals surface area contributed by atoms with Gasteiger partial charge in [-0.3, -0.25) is 4.79 Å². The van der Waals surface area contributed by atoms with Gasteiger partial charge in [0, 0.05) is 25.4 Å². The van der Waals surface area contributed by atoms with Crippen LogP contribution < -0.4 is 0 Å². The first kappa shape index (κ1) is 15.4. The van der Waals surface area contributed by atoms with E-state index >= 15 is 0 Å². The second-order valence-corrected chi connectivity index (χ2v) is 5.93. The third-order valence-corrected chi connectivity index (χ3v) is 3.46. The Hall–Kier alpha value is -2.04. The number of carbonyl (C=O) groups excluding carboxylic acids is 1. The molecule has 0 unspecified atom stereocenters. The number of amides is 1. The minimum absolute atomic E-state index is 0.0174. The second kappa shape index (κ2) is 6.16. The molecule has 0 saturated heterocycles. The molecule has 2 aromatic heterocycles. The summed E-state index contributed by atoms with van der Waals surface area (Å²) in [4.78, 5) is 14.2. The smallest absolute Gasteiger partial charge is 0.270 e. The summed E-state index contributed by atoms with van der Waals surface area (Å²) in [6.07, 6.45) is 1.93. The third kappa shape index (κ3) is 3.35. The van der Waals surface area contributed by atoms with E-state index < -0.39 is 0 Å². The van der Waals surface area contributed by atoms with Crippen LogP contribution in [0.1, 0.15) is 61.6 Å². The molecule has 1 amide bonds. The predicted molar refractivity (Wildman–Crippen MR) is 81.2 cm³/mol. The number of carbonyl (C=O) groups is 1. The van der Waals surface area contributed by atoms with Gasteiger partial charge < -0.3 is 14.0 Å². The van der Waals surface area contributed by atoms with Crippen molar-refractivity contribution in [3.05, 3.63) is 41.5 Å². The number of hydrogen-bond donors (Lipinski definition) is 0. The maximum atomic E-state index is 12.5. The zero-order chi connectivity index (χ0) is 15.6. The SMILES string of the molecule is CC(C)c1cc(CN(C)C(=O)c2cccn2C(C)C)on1. The van der Waals surface area contributed by atoms with Crippen molar-refractivity contribution in [2.45, 2.75) is 46.2 Å². The Morgan fingerprint density at radius 3 is 2.67 bits per heavy atom. The summed E-state index contributed by atoms with van der Waals surface area (Å²) in [6, 6.07) is 5.91. The summed E-state index contributed by atoms with van der Waals surface area (Å²) >= 11 is 0. The van der Waals surface area contributed by atoms with Crippen LogP contribution in [0, 0.1) is 0 Å². The fourth-order valence-electron chi connectivity index (χ4n) is 2.20. The number of rotatable bonds is 5. The van der Waals surface area contributed by atoms with Gasteiger partial charge in [0.2, 0.25) is 0 Å². The van der Waals surface area contributed by atoms with E-state index in [1.807, 2.05) is 29.0 Å². The highest BCUT2D eigenvalue weighted by Gasteiger charge is 2.19. The van der Waals surface area contributed by atoms with Crippen molar-refractivity contribution in [3.8, 4) is 0 Å². The second-order valence-electron chi connectivity index (χ2n) is 5.93. The Morgan fingerprint density at radius 1 is 1.38 bits per heavy atom. The van der Waals surface area contributed by atoms with Crippen LogP contribution in [-0.4, -0.2) is 27.6 Å². The molecule has 5 nitrogen and oxygen atoms in total. The standard InChI is InChI=1S/C16H23N3O2/c1-11(2)14-9-13(21-17-14)10-18(5)16(20)15-7-6-8-19(15)12(3)4/h6-9,11-12H,10H2,1-5H3. The molecule has 114 valence electrons. The summed E-state index contributed by atoms with van der Waals surface area (Å²) in [5, 5.41) is 4.02. The van der Waals surface area contributed by atoms with E-state index in [0.29, 0.717) is 23.9 Å². The Morgan fingerprint density at radius 2 is 2.10 bits per heavy atom. The molecular weight excluding hydrogens is 266 g/mol. The van der Waals surface area contributed by atoms with Crippen LogP contribution in [0.2, 0.25) is 0 Å². The van der Waals surface area contributed by atoms with Crippen LogP contribution in [0.4, 0.5) is 0 Å². The topological polar surface area (TPSA) is 51.3 Å². The van der Waals surface area contributed by atoms with Gasteiger partial charge in [0.1, 0.15) is 5.69 Å². The van der Waals surface area contributed by atoms with Crippen LogP contribution in [0.25, 0.3) is 0 Å². The monoisotopic (exact) mass is 289 g/mol. The molecule has 0 aliphatic carbocycles. The van der Waals surface area contributed by atoms with Crippen molar-refractivity contribution in [2.75, 3.05) is 7.05 Å². The number of hydrogen-bond acceptors (Lipinski definition) is 3. The van der Waals surface area contributed by atoms with Gasteiger partial charge in [-0.1, -0.05) is 19.0 Å². The first-order chi connectivity index (χ1) is 9.90. The molecule has 5 heteroatoms. The Kier molecular flexibility index (Phi) is 4.50. The van der Waals surface area contributed by atoms with E-state index in [4.69, 9.17) is 4.52 Å². The van der Waals surface area contributed by atoms with Crippen molar-refractivity contribution in [3.63, 3.8) is 0 Å². The van der Waals surface area contributed by atoms with Gasteiger partial charge in [-0.25, -0.2) is 0 Å². The average Bonchev–Trinajstić information content (AvgIpc) is 3.06. The Bertz CT molecular complexity index is 611. The van der Waals surface area contributed by atoms with Crippen LogP contribution in [0.3, 0.4) is 0 Å². The van der Waals surface area contributed by atoms with Gasteiger partial charge in [-0.15, -0.1) is 0 Å². The molecule has 0 bridgehead atoms. The zero-order valence-corrected chi connectivity index (χ0v) is 13.3. The molecule has 2 rings (SSSR count). The Balaban J connectivity index is 2.10. The molecule has 0 saturated carbocycles. The van der Waals surface area contributed by atoms with E-state index in [9.17, 15) is 4.79 Å². The van der Waals surface area contributed by atoms with E-state index in [0.717, 1.165) is 5.69 Å². The van der Waals surface area contributed by atoms with Crippen LogP contribution >= 0.6 is 0 Å². The van der Waals surface area contributed by atoms with Crippen molar-refractivity contribution >= 4 is 5.91 Å². The highest BCUT2D eigenvalue weighted by Crippen LogP contribution is 2.17. The highest BCUT2D eigenvalue weighted by atomic mass is 16.5. The van der Waals surface area contributed by atoms with Gasteiger partial charge in [0.25, 0.3) is 5.91 Å². The summed E-state index contributed by atoms with van der Waals surface area (Å²) in [5.74, 6) is 1.01. The third-order valence-electron chi connectivity index (χ3n) is 3.46. The summed E-state index contributed by atoms with van der Waals surface area (Å²) in [5.41, 5.74) is 1.60. The lowest BCUT2D eigenvalue weighted by Gasteiger charge is -2.18. The predicted octanol–water partition coefficient (Wildman–Crippen LogP) is 3.45. The lowest BCUT2D eigenvalue weighted by Crippen LogP contribution is -2.28.